The lowest BCUT2D eigenvalue weighted by molar-refractivity contribution is -0.163. The molecule has 3 heteroatoms. The van der Waals surface area contributed by atoms with Crippen LogP contribution in [0.4, 0.5) is 0 Å². The van der Waals surface area contributed by atoms with Gasteiger partial charge in [-0.25, -0.2) is 0 Å². The summed E-state index contributed by atoms with van der Waals surface area (Å²) in [5.74, 6) is -0.607. The molecule has 0 aliphatic carbocycles. The Morgan fingerprint density at radius 3 is 2.08 bits per heavy atom. The third-order valence-electron chi connectivity index (χ3n) is 1.71. The molecule has 0 heterocycles. The summed E-state index contributed by atoms with van der Waals surface area (Å²) in [6, 6.07) is 0. The van der Waals surface area contributed by atoms with Crippen LogP contribution in [0.3, 0.4) is 0 Å². The first-order valence-corrected chi connectivity index (χ1v) is 4.61. The van der Waals surface area contributed by atoms with E-state index in [9.17, 15) is 4.79 Å². The van der Waals surface area contributed by atoms with Crippen molar-refractivity contribution in [1.82, 2.24) is 0 Å². The molecule has 78 valence electrons. The number of carbonyl (C=O) groups excluding carboxylic acids is 1. The van der Waals surface area contributed by atoms with Gasteiger partial charge in [-0.2, -0.15) is 0 Å². The minimum atomic E-state index is -0.473. The van der Waals surface area contributed by atoms with E-state index in [-0.39, 0.29) is 18.5 Å². The van der Waals surface area contributed by atoms with Crippen LogP contribution in [-0.2, 0) is 9.53 Å². The Balaban J connectivity index is 4.23. The van der Waals surface area contributed by atoms with Crippen LogP contribution in [0.1, 0.15) is 34.6 Å². The third-order valence-corrected chi connectivity index (χ3v) is 1.71. The molecule has 1 unspecified atom stereocenters. The molecular weight excluding hydrogens is 168 g/mol. The number of esters is 1. The second-order valence-electron chi connectivity index (χ2n) is 4.57. The summed E-state index contributed by atoms with van der Waals surface area (Å²) in [6.07, 6.45) is 0. The number of carbonyl (C=O) groups is 1. The average Bonchev–Trinajstić information content (AvgIpc) is 1.82. The zero-order chi connectivity index (χ0) is 10.6. The minimum Gasteiger partial charge on any atom is -0.460 e. The Morgan fingerprint density at radius 1 is 1.38 bits per heavy atom. The molecule has 0 saturated carbocycles. The molecule has 1 N–H and O–H groups in total. The highest BCUT2D eigenvalue weighted by Gasteiger charge is 2.26. The maximum absolute atomic E-state index is 11.4. The van der Waals surface area contributed by atoms with E-state index >= 15 is 0 Å². The van der Waals surface area contributed by atoms with Gasteiger partial charge in [0.2, 0.25) is 0 Å². The molecule has 0 aromatic heterocycles. The van der Waals surface area contributed by atoms with Crippen molar-refractivity contribution in [3.05, 3.63) is 0 Å². The largest absolute Gasteiger partial charge is 0.460 e. The molecule has 0 spiro atoms. The fourth-order valence-electron chi connectivity index (χ4n) is 0.935. The summed E-state index contributed by atoms with van der Waals surface area (Å²) in [5, 5.41) is 8.96. The summed E-state index contributed by atoms with van der Waals surface area (Å²) >= 11 is 0. The maximum Gasteiger partial charge on any atom is 0.312 e. The summed E-state index contributed by atoms with van der Waals surface area (Å²) in [6.45, 7) is 9.10. The van der Waals surface area contributed by atoms with E-state index in [4.69, 9.17) is 9.84 Å². The first kappa shape index (κ1) is 12.4. The Morgan fingerprint density at radius 2 is 1.85 bits per heavy atom. The summed E-state index contributed by atoms with van der Waals surface area (Å²) in [7, 11) is 0. The van der Waals surface area contributed by atoms with Gasteiger partial charge in [-0.15, -0.1) is 0 Å². The SMILES string of the molecule is CC(C)C(CO)C(=O)OC(C)(C)C. The summed E-state index contributed by atoms with van der Waals surface area (Å²) in [5.41, 5.74) is -0.473. The van der Waals surface area contributed by atoms with Crippen LogP contribution in [0.25, 0.3) is 0 Å². The van der Waals surface area contributed by atoms with Crippen LogP contribution in [0.15, 0.2) is 0 Å². The number of aliphatic hydroxyl groups is 1. The van der Waals surface area contributed by atoms with E-state index in [1.807, 2.05) is 34.6 Å². The Bertz CT molecular complexity index is 167. The van der Waals surface area contributed by atoms with Crippen molar-refractivity contribution in [3.8, 4) is 0 Å². The lowest BCUT2D eigenvalue weighted by Crippen LogP contribution is -2.32. The second kappa shape index (κ2) is 4.61. The molecule has 13 heavy (non-hydrogen) atoms. The van der Waals surface area contributed by atoms with Crippen LogP contribution >= 0.6 is 0 Å². The van der Waals surface area contributed by atoms with Crippen LogP contribution in [0, 0.1) is 11.8 Å². The van der Waals surface area contributed by atoms with Crippen LogP contribution in [-0.4, -0.2) is 23.3 Å². The first-order chi connectivity index (χ1) is 5.78. The molecule has 0 radical (unpaired) electrons. The van der Waals surface area contributed by atoms with Crippen molar-refractivity contribution >= 4 is 5.97 Å². The van der Waals surface area contributed by atoms with E-state index in [0.717, 1.165) is 0 Å². The van der Waals surface area contributed by atoms with Crippen molar-refractivity contribution < 1.29 is 14.6 Å². The average molecular weight is 188 g/mol. The minimum absolute atomic E-state index is 0.111. The van der Waals surface area contributed by atoms with Gasteiger partial charge in [-0.3, -0.25) is 4.79 Å². The monoisotopic (exact) mass is 188 g/mol. The van der Waals surface area contributed by atoms with E-state index in [0.29, 0.717) is 0 Å². The molecule has 0 amide bonds. The maximum atomic E-state index is 11.4. The van der Waals surface area contributed by atoms with Gasteiger partial charge in [0.05, 0.1) is 12.5 Å². The van der Waals surface area contributed by atoms with E-state index in [1.54, 1.807) is 0 Å². The fourth-order valence-corrected chi connectivity index (χ4v) is 0.935. The van der Waals surface area contributed by atoms with Gasteiger partial charge in [0.15, 0.2) is 0 Å². The van der Waals surface area contributed by atoms with Gasteiger partial charge in [0.25, 0.3) is 0 Å². The number of hydrogen-bond acceptors (Lipinski definition) is 3. The van der Waals surface area contributed by atoms with Gasteiger partial charge in [0, 0.05) is 0 Å². The molecule has 3 nitrogen and oxygen atoms in total. The van der Waals surface area contributed by atoms with Crippen molar-refractivity contribution in [2.75, 3.05) is 6.61 Å². The van der Waals surface area contributed by atoms with Crippen molar-refractivity contribution in [1.29, 1.82) is 0 Å². The van der Waals surface area contributed by atoms with Gasteiger partial charge < -0.3 is 9.84 Å². The van der Waals surface area contributed by atoms with Gasteiger partial charge in [-0.1, -0.05) is 13.8 Å². The van der Waals surface area contributed by atoms with E-state index in [2.05, 4.69) is 0 Å². The zero-order valence-electron chi connectivity index (χ0n) is 9.13. The molecule has 1 atom stereocenters. The van der Waals surface area contributed by atoms with Crippen molar-refractivity contribution in [3.63, 3.8) is 0 Å². The van der Waals surface area contributed by atoms with Gasteiger partial charge >= 0.3 is 5.97 Å². The molecule has 0 bridgehead atoms. The third kappa shape index (κ3) is 4.88. The highest BCUT2D eigenvalue weighted by molar-refractivity contribution is 5.73. The molecular formula is C10H20O3. The summed E-state index contributed by atoms with van der Waals surface area (Å²) < 4.78 is 5.15. The Kier molecular flexibility index (Phi) is 4.40. The van der Waals surface area contributed by atoms with Crippen molar-refractivity contribution in [2.45, 2.75) is 40.2 Å². The normalized spacial score (nSPS) is 14.4. The van der Waals surface area contributed by atoms with Crippen LogP contribution in [0.2, 0.25) is 0 Å². The molecule has 0 fully saturated rings. The molecule has 0 rings (SSSR count). The van der Waals surface area contributed by atoms with Gasteiger partial charge in [-0.05, 0) is 26.7 Å². The smallest absolute Gasteiger partial charge is 0.312 e. The summed E-state index contributed by atoms with van der Waals surface area (Å²) in [4.78, 5) is 11.4. The second-order valence-corrected chi connectivity index (χ2v) is 4.57. The molecule has 0 saturated heterocycles. The topological polar surface area (TPSA) is 46.5 Å². The first-order valence-electron chi connectivity index (χ1n) is 4.61. The molecule has 0 aromatic rings. The predicted octanol–water partition coefficient (Wildman–Crippen LogP) is 1.59. The highest BCUT2D eigenvalue weighted by Crippen LogP contribution is 2.16. The lowest BCUT2D eigenvalue weighted by Gasteiger charge is -2.24. The van der Waals surface area contributed by atoms with Gasteiger partial charge in [0.1, 0.15) is 5.60 Å². The number of rotatable bonds is 3. The van der Waals surface area contributed by atoms with Crippen LogP contribution in [0.5, 0.6) is 0 Å². The highest BCUT2D eigenvalue weighted by atomic mass is 16.6. The Hall–Kier alpha value is -0.570. The van der Waals surface area contributed by atoms with Crippen molar-refractivity contribution in [2.24, 2.45) is 11.8 Å². The van der Waals surface area contributed by atoms with E-state index in [1.165, 1.54) is 0 Å². The quantitative estimate of drug-likeness (QED) is 0.684. The molecule has 0 aliphatic rings. The number of ether oxygens (including phenoxy) is 1. The number of hydrogen-bond donors (Lipinski definition) is 1. The standard InChI is InChI=1S/C10H20O3/c1-7(2)8(6-11)9(12)13-10(3,4)5/h7-8,11H,6H2,1-5H3. The Labute approximate surface area is 80.1 Å². The fraction of sp³-hybridized carbons (Fsp3) is 0.900. The van der Waals surface area contributed by atoms with Crippen LogP contribution < -0.4 is 0 Å². The number of aliphatic hydroxyl groups excluding tert-OH is 1. The zero-order valence-corrected chi connectivity index (χ0v) is 9.13. The molecule has 0 aliphatic heterocycles. The lowest BCUT2D eigenvalue weighted by atomic mass is 9.97. The predicted molar refractivity (Wildman–Crippen MR) is 51.3 cm³/mol. The molecule has 0 aromatic carbocycles. The van der Waals surface area contributed by atoms with E-state index < -0.39 is 11.5 Å².